The number of hydrogen-bond acceptors (Lipinski definition) is 2. The van der Waals surface area contributed by atoms with Crippen LogP contribution in [0.4, 0.5) is 5.69 Å². The zero-order chi connectivity index (χ0) is 23.5. The molecule has 1 aliphatic rings. The Bertz CT molecular complexity index is 1310. The van der Waals surface area contributed by atoms with E-state index < -0.39 is 0 Å². The molecule has 172 valence electrons. The molecule has 0 spiro atoms. The Kier molecular flexibility index (Phi) is 6.41. The average molecular weight is 471 g/mol. The third-order valence-electron chi connectivity index (χ3n) is 6.42. The molecule has 4 nitrogen and oxygen atoms in total. The molecule has 1 aliphatic carbocycles. The van der Waals surface area contributed by atoms with Gasteiger partial charge in [-0.25, -0.2) is 0 Å². The number of ether oxygens (including phenoxy) is 1. The summed E-state index contributed by atoms with van der Waals surface area (Å²) in [5.41, 5.74) is 7.53. The van der Waals surface area contributed by atoms with E-state index in [9.17, 15) is 4.79 Å². The van der Waals surface area contributed by atoms with Gasteiger partial charge >= 0.3 is 0 Å². The Morgan fingerprint density at radius 2 is 1.68 bits per heavy atom. The first-order chi connectivity index (χ1) is 16.6. The predicted octanol–water partition coefficient (Wildman–Crippen LogP) is 7.33. The van der Waals surface area contributed by atoms with Crippen LogP contribution in [-0.4, -0.2) is 17.6 Å². The number of carbonyl (C=O) groups is 1. The summed E-state index contributed by atoms with van der Waals surface area (Å²) in [5, 5.41) is 3.37. The van der Waals surface area contributed by atoms with Crippen LogP contribution < -0.4 is 10.1 Å². The van der Waals surface area contributed by atoms with Gasteiger partial charge in [-0.2, -0.15) is 0 Å². The summed E-state index contributed by atoms with van der Waals surface area (Å²) in [6.45, 7) is 0. The topological polar surface area (TPSA) is 43.3 Å². The highest BCUT2D eigenvalue weighted by molar-refractivity contribution is 6.32. The van der Waals surface area contributed by atoms with Gasteiger partial charge in [0.05, 0.1) is 17.8 Å². The second-order valence-electron chi connectivity index (χ2n) is 8.61. The molecule has 3 aromatic carbocycles. The van der Waals surface area contributed by atoms with Gasteiger partial charge in [-0.1, -0.05) is 48.4 Å². The lowest BCUT2D eigenvalue weighted by molar-refractivity contribution is 0.102. The Balaban J connectivity index is 1.46. The lowest BCUT2D eigenvalue weighted by Crippen LogP contribution is -2.12. The first-order valence-corrected chi connectivity index (χ1v) is 12.1. The molecule has 0 fully saturated rings. The zero-order valence-corrected chi connectivity index (χ0v) is 19.9. The van der Waals surface area contributed by atoms with E-state index in [1.165, 1.54) is 41.8 Å². The molecule has 1 amide bonds. The monoisotopic (exact) mass is 470 g/mol. The number of halogens is 1. The van der Waals surface area contributed by atoms with Crippen LogP contribution in [0.2, 0.25) is 5.02 Å². The number of nitrogens with one attached hydrogen (secondary N) is 1. The van der Waals surface area contributed by atoms with Crippen molar-refractivity contribution in [3.05, 3.63) is 101 Å². The standard InChI is InChI=1S/C29H27ClN2O2/c1-34-28-17-14-23(19-25(28)30)31-29(33)21-12-15-24(16-13-21)32-26-11-7-3-6-10-22(26)18-27(32)20-8-4-2-5-9-20/h2,4-5,8-9,12-19H,3,6-7,10-11H2,1H3,(H,31,33). The second kappa shape index (κ2) is 9.78. The van der Waals surface area contributed by atoms with Crippen LogP contribution in [0, 0.1) is 0 Å². The number of benzene rings is 3. The maximum absolute atomic E-state index is 12.9. The number of hydrogen-bond donors (Lipinski definition) is 1. The molecule has 0 saturated carbocycles. The van der Waals surface area contributed by atoms with E-state index >= 15 is 0 Å². The van der Waals surface area contributed by atoms with Gasteiger partial charge in [-0.05, 0) is 85.3 Å². The van der Waals surface area contributed by atoms with Gasteiger partial charge < -0.3 is 14.6 Å². The summed E-state index contributed by atoms with van der Waals surface area (Å²) in [6.07, 6.45) is 5.90. The third kappa shape index (κ3) is 4.46. The lowest BCUT2D eigenvalue weighted by atomic mass is 10.1. The molecule has 5 rings (SSSR count). The van der Waals surface area contributed by atoms with Crippen molar-refractivity contribution in [3.63, 3.8) is 0 Å². The van der Waals surface area contributed by atoms with Crippen molar-refractivity contribution in [2.75, 3.05) is 12.4 Å². The highest BCUT2D eigenvalue weighted by Crippen LogP contribution is 2.33. The normalized spacial score (nSPS) is 13.1. The van der Waals surface area contributed by atoms with Crippen molar-refractivity contribution in [2.24, 2.45) is 0 Å². The first-order valence-electron chi connectivity index (χ1n) is 11.7. The molecule has 1 heterocycles. The average Bonchev–Trinajstić information content (AvgIpc) is 3.07. The Morgan fingerprint density at radius 1 is 0.912 bits per heavy atom. The summed E-state index contributed by atoms with van der Waals surface area (Å²) >= 11 is 6.19. The number of aromatic nitrogens is 1. The van der Waals surface area contributed by atoms with Crippen LogP contribution >= 0.6 is 11.6 Å². The predicted molar refractivity (Wildman–Crippen MR) is 138 cm³/mol. The summed E-state index contributed by atoms with van der Waals surface area (Å²) in [5.74, 6) is 0.395. The Hall–Kier alpha value is -3.50. The van der Waals surface area contributed by atoms with E-state index in [1.54, 1.807) is 25.3 Å². The smallest absolute Gasteiger partial charge is 0.255 e. The molecule has 1 aromatic heterocycles. The van der Waals surface area contributed by atoms with Gasteiger partial charge in [0.25, 0.3) is 5.91 Å². The summed E-state index contributed by atoms with van der Waals surface area (Å²) < 4.78 is 7.56. The van der Waals surface area contributed by atoms with Crippen molar-refractivity contribution in [1.82, 2.24) is 4.57 Å². The minimum atomic E-state index is -0.178. The third-order valence-corrected chi connectivity index (χ3v) is 6.71. The Morgan fingerprint density at radius 3 is 2.41 bits per heavy atom. The summed E-state index contributed by atoms with van der Waals surface area (Å²) in [6, 6.07) is 25.9. The Labute approximate surface area is 205 Å². The number of rotatable bonds is 5. The van der Waals surface area contributed by atoms with Crippen molar-refractivity contribution in [2.45, 2.75) is 32.1 Å². The van der Waals surface area contributed by atoms with Gasteiger partial charge in [-0.3, -0.25) is 4.79 Å². The molecule has 0 radical (unpaired) electrons. The molecule has 0 bridgehead atoms. The maximum Gasteiger partial charge on any atom is 0.255 e. The van der Waals surface area contributed by atoms with Crippen molar-refractivity contribution in [3.8, 4) is 22.7 Å². The van der Waals surface area contributed by atoms with Crippen LogP contribution in [0.5, 0.6) is 5.75 Å². The molecule has 34 heavy (non-hydrogen) atoms. The van der Waals surface area contributed by atoms with Gasteiger partial charge in [0.2, 0.25) is 0 Å². The fourth-order valence-corrected chi connectivity index (χ4v) is 4.96. The van der Waals surface area contributed by atoms with Crippen molar-refractivity contribution in [1.29, 1.82) is 0 Å². The number of carbonyl (C=O) groups excluding carboxylic acids is 1. The van der Waals surface area contributed by atoms with Crippen molar-refractivity contribution >= 4 is 23.2 Å². The molecule has 4 aromatic rings. The number of amides is 1. The molecule has 0 atom stereocenters. The first kappa shape index (κ1) is 22.3. The molecule has 0 unspecified atom stereocenters. The molecule has 0 aliphatic heterocycles. The van der Waals surface area contributed by atoms with Crippen LogP contribution in [-0.2, 0) is 12.8 Å². The minimum Gasteiger partial charge on any atom is -0.495 e. The number of fused-ring (bicyclic) bond motifs is 1. The van der Waals surface area contributed by atoms with Gasteiger partial charge in [0.1, 0.15) is 5.75 Å². The second-order valence-corrected chi connectivity index (χ2v) is 9.02. The number of methoxy groups -OCH3 is 1. The van der Waals surface area contributed by atoms with Crippen LogP contribution in [0.25, 0.3) is 16.9 Å². The summed E-state index contributed by atoms with van der Waals surface area (Å²) in [7, 11) is 1.56. The lowest BCUT2D eigenvalue weighted by Gasteiger charge is -2.15. The van der Waals surface area contributed by atoms with E-state index in [0.29, 0.717) is 22.0 Å². The fraction of sp³-hybridized carbons (Fsp3) is 0.207. The molecular formula is C29H27ClN2O2. The van der Waals surface area contributed by atoms with Gasteiger partial charge in [-0.15, -0.1) is 0 Å². The van der Waals surface area contributed by atoms with E-state index in [2.05, 4.69) is 40.2 Å². The SMILES string of the molecule is COc1ccc(NC(=O)c2ccc(-n3c(-c4ccccc4)cc4c3CCCCC4)cc2)cc1Cl. The van der Waals surface area contributed by atoms with E-state index in [-0.39, 0.29) is 5.91 Å². The van der Waals surface area contributed by atoms with Gasteiger partial charge in [0.15, 0.2) is 0 Å². The van der Waals surface area contributed by atoms with Crippen LogP contribution in [0.15, 0.2) is 78.9 Å². The molecule has 1 N–H and O–H groups in total. The largest absolute Gasteiger partial charge is 0.495 e. The van der Waals surface area contributed by atoms with Gasteiger partial charge in [0, 0.05) is 22.6 Å². The fourth-order valence-electron chi connectivity index (χ4n) is 4.70. The summed E-state index contributed by atoms with van der Waals surface area (Å²) in [4.78, 5) is 12.9. The zero-order valence-electron chi connectivity index (χ0n) is 19.2. The highest BCUT2D eigenvalue weighted by Gasteiger charge is 2.19. The van der Waals surface area contributed by atoms with E-state index in [0.717, 1.165) is 18.5 Å². The van der Waals surface area contributed by atoms with Crippen molar-refractivity contribution < 1.29 is 9.53 Å². The van der Waals surface area contributed by atoms with Crippen LogP contribution in [0.3, 0.4) is 0 Å². The molecule has 0 saturated heterocycles. The molecule has 5 heteroatoms. The maximum atomic E-state index is 12.9. The number of nitrogens with zero attached hydrogens (tertiary/aromatic N) is 1. The van der Waals surface area contributed by atoms with Crippen LogP contribution in [0.1, 0.15) is 40.9 Å². The quantitative estimate of drug-likeness (QED) is 0.310. The molecular weight excluding hydrogens is 444 g/mol. The minimum absolute atomic E-state index is 0.178. The number of aryl methyl sites for hydroxylation is 1. The highest BCUT2D eigenvalue weighted by atomic mass is 35.5. The number of anilines is 1. The van der Waals surface area contributed by atoms with E-state index in [4.69, 9.17) is 16.3 Å². The van der Waals surface area contributed by atoms with E-state index in [1.807, 2.05) is 30.3 Å².